The molecule has 0 aliphatic carbocycles. The van der Waals surface area contributed by atoms with Gasteiger partial charge in [-0.1, -0.05) is 0 Å². The molecule has 1 fully saturated rings. The molecule has 1 rings (SSSR count). The fraction of sp³-hybridized carbons (Fsp3) is 0.917. The lowest BCUT2D eigenvalue weighted by atomic mass is 10.2. The standard InChI is InChI=1S/C12H26N4O/c1-11-10-15(2)7-5-9-16(11)8-4-3-6-12(17)14-13/h11H,3-10,13H2,1-2H3,(H,14,17). The van der Waals surface area contributed by atoms with Crippen molar-refractivity contribution < 1.29 is 4.79 Å². The zero-order valence-electron chi connectivity index (χ0n) is 11.1. The average molecular weight is 242 g/mol. The number of carbonyl (C=O) groups is 1. The van der Waals surface area contributed by atoms with E-state index in [0.29, 0.717) is 12.5 Å². The number of carbonyl (C=O) groups excluding carboxylic acids is 1. The molecule has 0 bridgehead atoms. The Hall–Kier alpha value is -0.650. The van der Waals surface area contributed by atoms with Gasteiger partial charge in [0.15, 0.2) is 0 Å². The van der Waals surface area contributed by atoms with Gasteiger partial charge in [-0.25, -0.2) is 5.84 Å². The minimum Gasteiger partial charge on any atom is -0.305 e. The topological polar surface area (TPSA) is 61.6 Å². The van der Waals surface area contributed by atoms with Gasteiger partial charge in [0, 0.05) is 19.0 Å². The van der Waals surface area contributed by atoms with Gasteiger partial charge in [-0.3, -0.25) is 15.1 Å². The first kappa shape index (κ1) is 14.4. The second-order valence-electron chi connectivity index (χ2n) is 5.03. The molecule has 0 aromatic heterocycles. The fourth-order valence-corrected chi connectivity index (χ4v) is 2.43. The van der Waals surface area contributed by atoms with Gasteiger partial charge < -0.3 is 4.90 Å². The Labute approximate surface area is 104 Å². The number of unbranched alkanes of at least 4 members (excludes halogenated alkanes) is 1. The zero-order valence-corrected chi connectivity index (χ0v) is 11.1. The summed E-state index contributed by atoms with van der Waals surface area (Å²) in [6.45, 7) is 6.88. The van der Waals surface area contributed by atoms with Crippen molar-refractivity contribution in [3.8, 4) is 0 Å². The Morgan fingerprint density at radius 2 is 2.18 bits per heavy atom. The van der Waals surface area contributed by atoms with Crippen molar-refractivity contribution in [1.82, 2.24) is 15.2 Å². The quantitative estimate of drug-likeness (QED) is 0.312. The second-order valence-corrected chi connectivity index (χ2v) is 5.03. The van der Waals surface area contributed by atoms with Crippen LogP contribution in [-0.4, -0.2) is 55.0 Å². The molecule has 0 aromatic carbocycles. The van der Waals surface area contributed by atoms with Crippen LogP contribution in [-0.2, 0) is 4.79 Å². The number of rotatable bonds is 5. The molecule has 5 nitrogen and oxygen atoms in total. The van der Waals surface area contributed by atoms with E-state index in [0.717, 1.165) is 25.9 Å². The summed E-state index contributed by atoms with van der Waals surface area (Å²) in [5, 5.41) is 0. The zero-order chi connectivity index (χ0) is 12.7. The number of amides is 1. The highest BCUT2D eigenvalue weighted by atomic mass is 16.2. The summed E-state index contributed by atoms with van der Waals surface area (Å²) in [5.41, 5.74) is 2.17. The first-order chi connectivity index (χ1) is 8.13. The summed E-state index contributed by atoms with van der Waals surface area (Å²) in [5.74, 6) is 4.98. The first-order valence-electron chi connectivity index (χ1n) is 6.55. The first-order valence-corrected chi connectivity index (χ1v) is 6.55. The lowest BCUT2D eigenvalue weighted by Gasteiger charge is -2.27. The van der Waals surface area contributed by atoms with Crippen molar-refractivity contribution in [3.63, 3.8) is 0 Å². The summed E-state index contributed by atoms with van der Waals surface area (Å²) in [6, 6.07) is 0.617. The Kier molecular flexibility index (Phi) is 6.47. The average Bonchev–Trinajstić information content (AvgIpc) is 2.46. The number of nitrogens with one attached hydrogen (secondary N) is 1. The van der Waals surface area contributed by atoms with E-state index < -0.39 is 0 Å². The third kappa shape index (κ3) is 5.48. The highest BCUT2D eigenvalue weighted by Gasteiger charge is 2.18. The van der Waals surface area contributed by atoms with E-state index in [2.05, 4.69) is 29.2 Å². The lowest BCUT2D eigenvalue weighted by Crippen LogP contribution is -2.38. The fourth-order valence-electron chi connectivity index (χ4n) is 2.43. The minimum absolute atomic E-state index is 0.0614. The van der Waals surface area contributed by atoms with Gasteiger partial charge in [0.1, 0.15) is 0 Å². The van der Waals surface area contributed by atoms with E-state index in [4.69, 9.17) is 5.84 Å². The molecule has 0 aromatic rings. The highest BCUT2D eigenvalue weighted by Crippen LogP contribution is 2.10. The van der Waals surface area contributed by atoms with Gasteiger partial charge in [0.05, 0.1) is 0 Å². The van der Waals surface area contributed by atoms with E-state index in [1.807, 2.05) is 0 Å². The van der Waals surface area contributed by atoms with Crippen LogP contribution in [0.1, 0.15) is 32.6 Å². The van der Waals surface area contributed by atoms with Gasteiger partial charge in [-0.2, -0.15) is 0 Å². The van der Waals surface area contributed by atoms with Gasteiger partial charge >= 0.3 is 0 Å². The van der Waals surface area contributed by atoms with Crippen molar-refractivity contribution in [2.45, 2.75) is 38.6 Å². The van der Waals surface area contributed by atoms with Gasteiger partial charge in [0.25, 0.3) is 0 Å². The Bertz CT molecular complexity index is 235. The van der Waals surface area contributed by atoms with Crippen LogP contribution in [0.2, 0.25) is 0 Å². The molecular formula is C12H26N4O. The Morgan fingerprint density at radius 3 is 2.88 bits per heavy atom. The summed E-state index contributed by atoms with van der Waals surface area (Å²) >= 11 is 0. The van der Waals surface area contributed by atoms with Crippen molar-refractivity contribution in [3.05, 3.63) is 0 Å². The molecule has 0 saturated carbocycles. The molecule has 100 valence electrons. The van der Waals surface area contributed by atoms with Gasteiger partial charge in [-0.15, -0.1) is 0 Å². The molecule has 1 saturated heterocycles. The molecule has 17 heavy (non-hydrogen) atoms. The number of nitrogens with two attached hydrogens (primary N) is 1. The molecule has 3 N–H and O–H groups in total. The van der Waals surface area contributed by atoms with Crippen LogP contribution < -0.4 is 11.3 Å². The number of hydrazine groups is 1. The molecule has 1 heterocycles. The van der Waals surface area contributed by atoms with Gasteiger partial charge in [0.2, 0.25) is 5.91 Å². The summed E-state index contributed by atoms with van der Waals surface area (Å²) < 4.78 is 0. The van der Waals surface area contributed by atoms with Crippen LogP contribution in [0, 0.1) is 0 Å². The number of nitrogens with zero attached hydrogens (tertiary/aromatic N) is 2. The molecule has 1 aliphatic rings. The van der Waals surface area contributed by atoms with Crippen LogP contribution in [0.5, 0.6) is 0 Å². The van der Waals surface area contributed by atoms with Crippen LogP contribution in [0.25, 0.3) is 0 Å². The lowest BCUT2D eigenvalue weighted by molar-refractivity contribution is -0.121. The number of hydrogen-bond acceptors (Lipinski definition) is 4. The second kappa shape index (κ2) is 7.63. The summed E-state index contributed by atoms with van der Waals surface area (Å²) in [7, 11) is 2.19. The molecule has 0 spiro atoms. The predicted molar refractivity (Wildman–Crippen MR) is 69.3 cm³/mol. The monoisotopic (exact) mass is 242 g/mol. The summed E-state index contributed by atoms with van der Waals surface area (Å²) in [4.78, 5) is 15.9. The smallest absolute Gasteiger partial charge is 0.233 e. The van der Waals surface area contributed by atoms with Crippen molar-refractivity contribution in [1.29, 1.82) is 0 Å². The maximum atomic E-state index is 11.0. The molecule has 1 amide bonds. The van der Waals surface area contributed by atoms with E-state index >= 15 is 0 Å². The van der Waals surface area contributed by atoms with Crippen molar-refractivity contribution in [2.75, 3.05) is 33.2 Å². The third-order valence-electron chi connectivity index (χ3n) is 3.44. The maximum Gasteiger partial charge on any atom is 0.233 e. The van der Waals surface area contributed by atoms with Gasteiger partial charge in [-0.05, 0) is 52.9 Å². The summed E-state index contributed by atoms with van der Waals surface area (Å²) in [6.07, 6.45) is 3.77. The largest absolute Gasteiger partial charge is 0.305 e. The normalized spacial score (nSPS) is 23.4. The molecular weight excluding hydrogens is 216 g/mol. The predicted octanol–water partition coefficient (Wildman–Crippen LogP) is 0.173. The SMILES string of the molecule is CC1CN(C)CCCN1CCCCC(=O)NN. The third-order valence-corrected chi connectivity index (χ3v) is 3.44. The minimum atomic E-state index is -0.0614. The Balaban J connectivity index is 2.19. The number of likely N-dealkylation sites (N-methyl/N-ethyl adjacent to an activating group) is 1. The van der Waals surface area contributed by atoms with Crippen LogP contribution in [0.4, 0.5) is 0 Å². The van der Waals surface area contributed by atoms with Crippen LogP contribution in [0.3, 0.4) is 0 Å². The molecule has 0 radical (unpaired) electrons. The highest BCUT2D eigenvalue weighted by molar-refractivity contribution is 5.75. The molecule has 1 unspecified atom stereocenters. The van der Waals surface area contributed by atoms with Crippen molar-refractivity contribution in [2.24, 2.45) is 5.84 Å². The van der Waals surface area contributed by atoms with Crippen LogP contribution in [0.15, 0.2) is 0 Å². The van der Waals surface area contributed by atoms with Crippen LogP contribution >= 0.6 is 0 Å². The van der Waals surface area contributed by atoms with E-state index in [1.165, 1.54) is 19.5 Å². The van der Waals surface area contributed by atoms with E-state index in [1.54, 1.807) is 0 Å². The Morgan fingerprint density at radius 1 is 1.41 bits per heavy atom. The maximum absolute atomic E-state index is 11.0. The van der Waals surface area contributed by atoms with E-state index in [9.17, 15) is 4.79 Å². The molecule has 5 heteroatoms. The molecule has 1 aliphatic heterocycles. The number of hydrogen-bond donors (Lipinski definition) is 2. The van der Waals surface area contributed by atoms with Crippen molar-refractivity contribution >= 4 is 5.91 Å². The van der Waals surface area contributed by atoms with E-state index in [-0.39, 0.29) is 5.91 Å². The molecule has 1 atom stereocenters.